The first-order valence-electron chi connectivity index (χ1n) is 10.8. The Morgan fingerprint density at radius 3 is 2.29 bits per heavy atom. The molecule has 0 spiro atoms. The van der Waals surface area contributed by atoms with Crippen LogP contribution in [0.2, 0.25) is 0 Å². The van der Waals surface area contributed by atoms with Gasteiger partial charge in [-0.3, -0.25) is 0 Å². The second-order valence-electron chi connectivity index (χ2n) is 8.10. The molecule has 5 heteroatoms. The number of halogens is 1. The molecule has 0 bridgehead atoms. The van der Waals surface area contributed by atoms with Crippen LogP contribution in [0, 0.1) is 5.82 Å². The Hall–Kier alpha value is -3.05. The first kappa shape index (κ1) is 21.2. The van der Waals surface area contributed by atoms with Gasteiger partial charge < -0.3 is 19.5 Å². The van der Waals surface area contributed by atoms with Gasteiger partial charge in [0.15, 0.2) is 11.5 Å². The molecule has 0 aromatic heterocycles. The third-order valence-electron chi connectivity index (χ3n) is 5.40. The van der Waals surface area contributed by atoms with Crippen molar-refractivity contribution in [2.24, 2.45) is 0 Å². The topological polar surface area (TPSA) is 44.3 Å². The molecule has 0 radical (unpaired) electrons. The molecule has 4 rings (SSSR count). The lowest BCUT2D eigenvalue weighted by Gasteiger charge is -2.18. The summed E-state index contributed by atoms with van der Waals surface area (Å²) in [5.41, 5.74) is 3.53. The fourth-order valence-corrected chi connectivity index (χ4v) is 3.89. The molecule has 1 aliphatic heterocycles. The summed E-state index contributed by atoms with van der Waals surface area (Å²) in [6, 6.07) is 21.2. The van der Waals surface area contributed by atoms with Crippen LogP contribution in [0.1, 0.15) is 42.9 Å². The van der Waals surface area contributed by atoms with E-state index in [1.54, 1.807) is 0 Å². The third kappa shape index (κ3) is 5.56. The fourth-order valence-electron chi connectivity index (χ4n) is 3.89. The van der Waals surface area contributed by atoms with Crippen LogP contribution in [-0.4, -0.2) is 19.4 Å². The van der Waals surface area contributed by atoms with Crippen LogP contribution in [0.25, 0.3) is 0 Å². The Morgan fingerprint density at radius 2 is 1.58 bits per heavy atom. The maximum absolute atomic E-state index is 13.5. The van der Waals surface area contributed by atoms with Crippen molar-refractivity contribution in [1.29, 1.82) is 0 Å². The zero-order chi connectivity index (χ0) is 21.6. The highest BCUT2D eigenvalue weighted by Gasteiger charge is 2.17. The molecule has 31 heavy (non-hydrogen) atoms. The lowest BCUT2D eigenvalue weighted by molar-refractivity contribution is -0.671. The van der Waals surface area contributed by atoms with Crippen molar-refractivity contribution >= 4 is 0 Å². The highest BCUT2D eigenvalue weighted by Crippen LogP contribution is 2.32. The molecule has 0 unspecified atom stereocenters. The smallest absolute Gasteiger partial charge is 0.231 e. The van der Waals surface area contributed by atoms with Gasteiger partial charge in [0.1, 0.15) is 18.1 Å². The van der Waals surface area contributed by atoms with Gasteiger partial charge in [-0.15, -0.1) is 0 Å². The molecule has 162 valence electrons. The number of rotatable bonds is 9. The van der Waals surface area contributed by atoms with E-state index in [0.29, 0.717) is 6.79 Å². The summed E-state index contributed by atoms with van der Waals surface area (Å²) < 4.78 is 30.1. The minimum absolute atomic E-state index is 0.143. The first-order chi connectivity index (χ1) is 15.1. The molecule has 4 nitrogen and oxygen atoms in total. The maximum Gasteiger partial charge on any atom is 0.231 e. The van der Waals surface area contributed by atoms with Crippen molar-refractivity contribution in [2.75, 3.05) is 13.3 Å². The van der Waals surface area contributed by atoms with E-state index in [1.807, 2.05) is 50.2 Å². The molecule has 0 aliphatic carbocycles. The summed E-state index contributed by atoms with van der Waals surface area (Å²) in [7, 11) is 0. The van der Waals surface area contributed by atoms with Crippen LogP contribution >= 0.6 is 0 Å². The highest BCUT2D eigenvalue weighted by molar-refractivity contribution is 5.44. The van der Waals surface area contributed by atoms with Gasteiger partial charge in [0.05, 0.1) is 12.6 Å². The Morgan fingerprint density at radius 1 is 0.903 bits per heavy atom. The Labute approximate surface area is 183 Å². The lowest BCUT2D eigenvalue weighted by atomic mass is 9.88. The fraction of sp³-hybridized carbons (Fsp3) is 0.308. The van der Waals surface area contributed by atoms with Crippen molar-refractivity contribution in [3.05, 3.63) is 89.2 Å². The van der Waals surface area contributed by atoms with Gasteiger partial charge in [-0.25, -0.2) is 4.39 Å². The molecule has 0 fully saturated rings. The van der Waals surface area contributed by atoms with Crippen molar-refractivity contribution in [1.82, 2.24) is 0 Å². The van der Waals surface area contributed by atoms with Gasteiger partial charge in [-0.05, 0) is 67.4 Å². The highest BCUT2D eigenvalue weighted by atomic mass is 19.1. The second-order valence-corrected chi connectivity index (χ2v) is 8.10. The monoisotopic (exact) mass is 422 g/mol. The molecule has 0 saturated carbocycles. The average molecular weight is 423 g/mol. The predicted octanol–water partition coefficient (Wildman–Crippen LogP) is 4.63. The Balaban J connectivity index is 1.41. The number of fused-ring (bicyclic) bond motifs is 1. The van der Waals surface area contributed by atoms with Crippen LogP contribution in [0.5, 0.6) is 17.2 Å². The SMILES string of the molecule is CC(C)Oc1ccc([C@@H](CC[NH2+]Cc2ccc3c(c2)OCO3)c2ccc(F)cc2)cc1. The minimum Gasteiger partial charge on any atom is -0.491 e. The summed E-state index contributed by atoms with van der Waals surface area (Å²) in [5, 5.41) is 2.30. The molecule has 1 aliphatic rings. The zero-order valence-electron chi connectivity index (χ0n) is 18.0. The van der Waals surface area contributed by atoms with Gasteiger partial charge in [0, 0.05) is 17.9 Å². The number of ether oxygens (including phenoxy) is 3. The third-order valence-corrected chi connectivity index (χ3v) is 5.40. The van der Waals surface area contributed by atoms with Gasteiger partial charge in [-0.1, -0.05) is 24.3 Å². The van der Waals surface area contributed by atoms with Gasteiger partial charge in [-0.2, -0.15) is 0 Å². The molecule has 1 atom stereocenters. The quantitative estimate of drug-likeness (QED) is 0.512. The maximum atomic E-state index is 13.5. The first-order valence-corrected chi connectivity index (χ1v) is 10.8. The van der Waals surface area contributed by atoms with Gasteiger partial charge in [0.25, 0.3) is 0 Å². The largest absolute Gasteiger partial charge is 0.491 e. The van der Waals surface area contributed by atoms with E-state index < -0.39 is 0 Å². The van der Waals surface area contributed by atoms with Gasteiger partial charge >= 0.3 is 0 Å². The van der Waals surface area contributed by atoms with Crippen molar-refractivity contribution in [3.8, 4) is 17.2 Å². The van der Waals surface area contributed by atoms with Crippen LogP contribution in [-0.2, 0) is 6.54 Å². The molecule has 3 aromatic carbocycles. The van der Waals surface area contributed by atoms with Gasteiger partial charge in [0.2, 0.25) is 6.79 Å². The summed E-state index contributed by atoms with van der Waals surface area (Å²) in [5.74, 6) is 2.48. The molecular formula is C26H29FNO3+. The summed E-state index contributed by atoms with van der Waals surface area (Å²) in [6.07, 6.45) is 1.09. The standard InChI is InChI=1S/C26H28FNO3/c1-18(2)31-23-10-6-21(7-11-23)24(20-4-8-22(27)9-5-20)13-14-28-16-19-3-12-25-26(15-19)30-17-29-25/h3-12,15,18,24,28H,13-14,16-17H2,1-2H3/p+1/t24-/m0/s1. The lowest BCUT2D eigenvalue weighted by Crippen LogP contribution is -2.82. The number of quaternary nitrogens is 1. The number of hydrogen-bond donors (Lipinski definition) is 1. The molecule has 0 saturated heterocycles. The van der Waals surface area contributed by atoms with Crippen molar-refractivity contribution in [3.63, 3.8) is 0 Å². The van der Waals surface area contributed by atoms with Crippen molar-refractivity contribution in [2.45, 2.75) is 38.8 Å². The van der Waals surface area contributed by atoms with E-state index in [1.165, 1.54) is 23.3 Å². The van der Waals surface area contributed by atoms with Crippen LogP contribution in [0.15, 0.2) is 66.7 Å². The molecular weight excluding hydrogens is 393 g/mol. The number of nitrogens with two attached hydrogens (primary N) is 1. The average Bonchev–Trinajstić information content (AvgIpc) is 3.23. The summed E-state index contributed by atoms with van der Waals surface area (Å²) in [4.78, 5) is 0. The van der Waals surface area contributed by atoms with E-state index in [4.69, 9.17) is 14.2 Å². The zero-order valence-corrected chi connectivity index (χ0v) is 18.0. The Bertz CT molecular complexity index is 987. The second kappa shape index (κ2) is 9.84. The van der Waals surface area contributed by atoms with E-state index >= 15 is 0 Å². The van der Waals surface area contributed by atoms with E-state index in [2.05, 4.69) is 23.5 Å². The van der Waals surface area contributed by atoms with Crippen molar-refractivity contribution < 1.29 is 23.9 Å². The predicted molar refractivity (Wildman–Crippen MR) is 118 cm³/mol. The summed E-state index contributed by atoms with van der Waals surface area (Å²) in [6.45, 7) is 6.15. The van der Waals surface area contributed by atoms with E-state index in [9.17, 15) is 4.39 Å². The Kier molecular flexibility index (Phi) is 6.73. The molecule has 1 heterocycles. The van der Waals surface area contributed by atoms with E-state index in [-0.39, 0.29) is 17.8 Å². The minimum atomic E-state index is -0.211. The summed E-state index contributed by atoms with van der Waals surface area (Å²) >= 11 is 0. The number of benzene rings is 3. The van der Waals surface area contributed by atoms with Crippen LogP contribution in [0.3, 0.4) is 0 Å². The molecule has 0 amide bonds. The normalized spacial score (nSPS) is 13.4. The van der Waals surface area contributed by atoms with E-state index in [0.717, 1.165) is 42.3 Å². The number of hydrogen-bond acceptors (Lipinski definition) is 3. The molecule has 3 aromatic rings. The molecule has 2 N–H and O–H groups in total. The van der Waals surface area contributed by atoms with Crippen LogP contribution in [0.4, 0.5) is 4.39 Å². The van der Waals surface area contributed by atoms with Crippen LogP contribution < -0.4 is 19.5 Å².